The fourth-order valence-corrected chi connectivity index (χ4v) is 3.82. The van der Waals surface area contributed by atoms with Crippen molar-refractivity contribution >= 4 is 11.6 Å². The fourth-order valence-electron chi connectivity index (χ4n) is 3.63. The van der Waals surface area contributed by atoms with E-state index in [1.165, 1.54) is 31.2 Å². The second-order valence-corrected chi connectivity index (χ2v) is 7.79. The molecule has 0 atom stereocenters. The lowest BCUT2D eigenvalue weighted by Crippen LogP contribution is -2.27. The van der Waals surface area contributed by atoms with Crippen LogP contribution in [0.1, 0.15) is 49.9 Å². The summed E-state index contributed by atoms with van der Waals surface area (Å²) in [6, 6.07) is 0.373. The third-order valence-corrected chi connectivity index (χ3v) is 5.59. The highest BCUT2D eigenvalue weighted by Crippen LogP contribution is 2.36. The molecule has 0 amide bonds. The van der Waals surface area contributed by atoms with Crippen LogP contribution in [0.3, 0.4) is 0 Å². The van der Waals surface area contributed by atoms with Gasteiger partial charge in [0, 0.05) is 18.7 Å². The molecule has 2 aliphatic rings. The van der Waals surface area contributed by atoms with Crippen molar-refractivity contribution in [1.82, 2.24) is 20.2 Å². The van der Waals surface area contributed by atoms with Crippen LogP contribution in [0.15, 0.2) is 12.4 Å². The van der Waals surface area contributed by atoms with Gasteiger partial charge in [-0.2, -0.15) is 5.10 Å². The zero-order valence-electron chi connectivity index (χ0n) is 13.8. The smallest absolute Gasteiger partial charge is 0.129 e. The van der Waals surface area contributed by atoms with Gasteiger partial charge in [-0.05, 0) is 62.3 Å². The van der Waals surface area contributed by atoms with Crippen molar-refractivity contribution in [2.45, 2.75) is 57.4 Å². The Morgan fingerprint density at radius 2 is 1.75 bits per heavy atom. The third-order valence-electron chi connectivity index (χ3n) is 5.32. The van der Waals surface area contributed by atoms with E-state index in [-0.39, 0.29) is 0 Å². The predicted octanol–water partition coefficient (Wildman–Crippen LogP) is 3.53. The molecule has 2 aromatic heterocycles. The number of nitrogens with one attached hydrogen (secondary N) is 1. The number of halogens is 1. The van der Waals surface area contributed by atoms with Gasteiger partial charge in [-0.3, -0.25) is 5.10 Å². The lowest BCUT2D eigenvalue weighted by molar-refractivity contribution is 0.321. The number of aromatic amines is 1. The summed E-state index contributed by atoms with van der Waals surface area (Å²) < 4.78 is 0. The summed E-state index contributed by atoms with van der Waals surface area (Å²) in [5, 5.41) is 7.90. The number of hydrogen-bond donors (Lipinski definition) is 2. The van der Waals surface area contributed by atoms with E-state index in [1.807, 2.05) is 6.20 Å². The van der Waals surface area contributed by atoms with E-state index < -0.39 is 0 Å². The van der Waals surface area contributed by atoms with Crippen molar-refractivity contribution < 1.29 is 0 Å². The molecule has 24 heavy (non-hydrogen) atoms. The second kappa shape index (κ2) is 6.81. The molecule has 2 aliphatic carbocycles. The number of nitrogens with zero attached hydrogens (tertiary/aromatic N) is 3. The Bertz CT molecular complexity index is 701. The zero-order valence-corrected chi connectivity index (χ0v) is 14.6. The van der Waals surface area contributed by atoms with Crippen LogP contribution >= 0.6 is 11.6 Å². The highest BCUT2D eigenvalue weighted by molar-refractivity contribution is 6.32. The number of H-pyrrole nitrogens is 1. The summed E-state index contributed by atoms with van der Waals surface area (Å²) in [5.74, 6) is 2.31. The fraction of sp³-hybridized carbons (Fsp3) is 0.611. The molecule has 0 saturated heterocycles. The first-order valence-electron chi connectivity index (χ1n) is 8.98. The first-order valence-corrected chi connectivity index (χ1v) is 9.36. The minimum Gasteiger partial charge on any atom is -0.328 e. The van der Waals surface area contributed by atoms with Crippen LogP contribution in [0.4, 0.5) is 0 Å². The van der Waals surface area contributed by atoms with Crippen LogP contribution in [0.25, 0.3) is 11.4 Å². The molecule has 0 unspecified atom stereocenters. The van der Waals surface area contributed by atoms with Crippen molar-refractivity contribution in [2.75, 3.05) is 0 Å². The SMILES string of the molecule is NC1CCC(Cc2ncc(Cl)c(-c3[nH]ncc3CC3CC3)n2)CC1. The molecule has 2 heterocycles. The third kappa shape index (κ3) is 3.62. The number of aromatic nitrogens is 4. The van der Waals surface area contributed by atoms with E-state index in [1.54, 1.807) is 6.20 Å². The molecule has 2 fully saturated rings. The van der Waals surface area contributed by atoms with E-state index in [9.17, 15) is 0 Å². The molecule has 4 rings (SSSR count). The molecule has 0 aliphatic heterocycles. The van der Waals surface area contributed by atoms with Gasteiger partial charge in [-0.15, -0.1) is 0 Å². The molecule has 3 N–H and O–H groups in total. The normalized spacial score (nSPS) is 24.2. The summed E-state index contributed by atoms with van der Waals surface area (Å²) in [4.78, 5) is 9.23. The van der Waals surface area contributed by atoms with Crippen molar-refractivity contribution in [1.29, 1.82) is 0 Å². The van der Waals surface area contributed by atoms with Crippen molar-refractivity contribution in [3.63, 3.8) is 0 Å². The minimum absolute atomic E-state index is 0.373. The summed E-state index contributed by atoms with van der Waals surface area (Å²) >= 11 is 6.38. The minimum atomic E-state index is 0.373. The van der Waals surface area contributed by atoms with Crippen molar-refractivity contribution in [2.24, 2.45) is 17.6 Å². The van der Waals surface area contributed by atoms with Crippen LogP contribution in [0.5, 0.6) is 0 Å². The van der Waals surface area contributed by atoms with E-state index >= 15 is 0 Å². The molecular formula is C18H24ClN5. The van der Waals surface area contributed by atoms with Gasteiger partial charge in [0.05, 0.1) is 16.9 Å². The Hall–Kier alpha value is -1.46. The molecule has 0 radical (unpaired) electrons. The van der Waals surface area contributed by atoms with Gasteiger partial charge in [0.15, 0.2) is 0 Å². The lowest BCUT2D eigenvalue weighted by atomic mass is 9.84. The number of nitrogens with two attached hydrogens (primary N) is 1. The van der Waals surface area contributed by atoms with Crippen LogP contribution in [-0.4, -0.2) is 26.2 Å². The monoisotopic (exact) mass is 345 g/mol. The molecule has 0 aromatic carbocycles. The van der Waals surface area contributed by atoms with Gasteiger partial charge < -0.3 is 5.73 Å². The highest BCUT2D eigenvalue weighted by atomic mass is 35.5. The predicted molar refractivity (Wildman–Crippen MR) is 94.7 cm³/mol. The topological polar surface area (TPSA) is 80.5 Å². The summed E-state index contributed by atoms with van der Waals surface area (Å²) in [6.45, 7) is 0. The van der Waals surface area contributed by atoms with Crippen molar-refractivity contribution in [3.05, 3.63) is 28.8 Å². The van der Waals surface area contributed by atoms with E-state index in [0.717, 1.165) is 48.8 Å². The Kier molecular flexibility index (Phi) is 4.55. The maximum absolute atomic E-state index is 6.38. The maximum Gasteiger partial charge on any atom is 0.129 e. The lowest BCUT2D eigenvalue weighted by Gasteiger charge is -2.25. The van der Waals surface area contributed by atoms with Gasteiger partial charge in [0.1, 0.15) is 11.5 Å². The van der Waals surface area contributed by atoms with Crippen molar-refractivity contribution in [3.8, 4) is 11.4 Å². The Morgan fingerprint density at radius 1 is 1.04 bits per heavy atom. The molecule has 2 saturated carbocycles. The molecule has 6 heteroatoms. The standard InChI is InChI=1S/C18H24ClN5/c19-15-10-21-16(8-12-3-5-14(20)6-4-12)23-18(15)17-13(9-22-24-17)7-11-1-2-11/h9-12,14H,1-8,20H2,(H,22,24). The summed E-state index contributed by atoms with van der Waals surface area (Å²) in [6.07, 6.45) is 12.8. The number of hydrogen-bond acceptors (Lipinski definition) is 4. The first-order chi connectivity index (χ1) is 11.7. The second-order valence-electron chi connectivity index (χ2n) is 7.39. The zero-order chi connectivity index (χ0) is 16.5. The Morgan fingerprint density at radius 3 is 2.50 bits per heavy atom. The van der Waals surface area contributed by atoms with Gasteiger partial charge >= 0.3 is 0 Å². The number of rotatable bonds is 5. The van der Waals surface area contributed by atoms with Gasteiger partial charge in [-0.1, -0.05) is 11.6 Å². The average Bonchev–Trinajstić information content (AvgIpc) is 3.28. The molecular weight excluding hydrogens is 322 g/mol. The van der Waals surface area contributed by atoms with Gasteiger partial charge in [0.2, 0.25) is 0 Å². The van der Waals surface area contributed by atoms with Gasteiger partial charge in [-0.25, -0.2) is 9.97 Å². The molecule has 0 bridgehead atoms. The van der Waals surface area contributed by atoms with Crippen LogP contribution < -0.4 is 5.73 Å². The molecule has 128 valence electrons. The average molecular weight is 346 g/mol. The summed E-state index contributed by atoms with van der Waals surface area (Å²) in [5.41, 5.74) is 8.97. The Labute approximate surface area is 147 Å². The van der Waals surface area contributed by atoms with Crippen LogP contribution in [-0.2, 0) is 12.8 Å². The largest absolute Gasteiger partial charge is 0.328 e. The van der Waals surface area contributed by atoms with Crippen LogP contribution in [0.2, 0.25) is 5.02 Å². The van der Waals surface area contributed by atoms with E-state index in [0.29, 0.717) is 17.0 Å². The maximum atomic E-state index is 6.38. The molecule has 5 nitrogen and oxygen atoms in total. The summed E-state index contributed by atoms with van der Waals surface area (Å²) in [7, 11) is 0. The molecule has 2 aromatic rings. The van der Waals surface area contributed by atoms with Crippen LogP contribution in [0, 0.1) is 11.8 Å². The Balaban J connectivity index is 1.54. The quantitative estimate of drug-likeness (QED) is 0.868. The van der Waals surface area contributed by atoms with Gasteiger partial charge in [0.25, 0.3) is 0 Å². The molecule has 0 spiro atoms. The van der Waals surface area contributed by atoms with E-state index in [2.05, 4.69) is 15.2 Å². The first kappa shape index (κ1) is 16.0. The highest BCUT2D eigenvalue weighted by Gasteiger charge is 2.25. The van der Waals surface area contributed by atoms with E-state index in [4.69, 9.17) is 22.3 Å².